The Morgan fingerprint density at radius 3 is 1.56 bits per heavy atom. The Hall–Kier alpha value is -2.68. The van der Waals surface area contributed by atoms with Crippen LogP contribution in [0.1, 0.15) is 123 Å². The third-order valence-electron chi connectivity index (χ3n) is 8.35. The first-order valence-electron chi connectivity index (χ1n) is 15.6. The predicted octanol–water partition coefficient (Wildman–Crippen LogP) is 11.6. The van der Waals surface area contributed by atoms with Gasteiger partial charge in [0, 0.05) is 21.9 Å². The fraction of sp³-hybridized carbons (Fsp3) is 0.526. The Morgan fingerprint density at radius 1 is 0.674 bits per heavy atom. The number of phenols is 1. The predicted molar refractivity (Wildman–Crippen MR) is 184 cm³/mol. The van der Waals surface area contributed by atoms with Crippen LogP contribution < -0.4 is 4.52 Å². The molecule has 0 aliphatic heterocycles. The maximum Gasteiger partial charge on any atom is 0.387 e. The summed E-state index contributed by atoms with van der Waals surface area (Å²) in [6, 6.07) is 15.0. The summed E-state index contributed by atoms with van der Waals surface area (Å²) in [5.74, 6) is 0.333. The maximum absolute atomic E-state index is 10.1. The van der Waals surface area contributed by atoms with Crippen LogP contribution in [0.15, 0.2) is 50.9 Å². The van der Waals surface area contributed by atoms with Crippen molar-refractivity contribution < 1.29 is 18.0 Å². The highest BCUT2D eigenvalue weighted by Gasteiger charge is 2.28. The zero-order valence-corrected chi connectivity index (χ0v) is 29.7. The van der Waals surface area contributed by atoms with Gasteiger partial charge in [0.15, 0.2) is 0 Å². The minimum Gasteiger partial charge on any atom is -0.508 e. The third-order valence-corrected chi connectivity index (χ3v) is 9.41. The van der Waals surface area contributed by atoms with E-state index in [1.165, 1.54) is 11.1 Å². The Labute approximate surface area is 260 Å². The van der Waals surface area contributed by atoms with Crippen LogP contribution in [-0.4, -0.2) is 11.7 Å². The van der Waals surface area contributed by atoms with Crippen molar-refractivity contribution in [3.05, 3.63) is 75.8 Å². The van der Waals surface area contributed by atoms with Crippen molar-refractivity contribution in [3.8, 4) is 5.75 Å². The quantitative estimate of drug-likeness (QED) is 0.230. The van der Waals surface area contributed by atoms with E-state index in [-0.39, 0.29) is 21.7 Å². The zero-order valence-electron chi connectivity index (χ0n) is 28.8. The van der Waals surface area contributed by atoms with Crippen molar-refractivity contribution in [2.45, 2.75) is 125 Å². The SMILES string of the molecule is Cc1c(O)cccc1CCCOp1oc2c(C(C)(C)C)cc(C(C)(C)C)cc2c2cc(C(C)(C)C)cc(C(C)(C)C)c2o1. The molecule has 0 aliphatic rings. The second-order valence-corrected chi connectivity index (χ2v) is 17.3. The van der Waals surface area contributed by atoms with E-state index in [2.05, 4.69) is 113 Å². The van der Waals surface area contributed by atoms with E-state index < -0.39 is 8.24 Å². The highest BCUT2D eigenvalue weighted by Crippen LogP contribution is 2.45. The number of benzene rings is 3. The molecule has 4 nitrogen and oxygen atoms in total. The number of rotatable bonds is 5. The number of hydrogen-bond donors (Lipinski definition) is 1. The van der Waals surface area contributed by atoms with Crippen LogP contribution in [0.4, 0.5) is 0 Å². The molecule has 0 saturated carbocycles. The Morgan fingerprint density at radius 2 is 1.14 bits per heavy atom. The van der Waals surface area contributed by atoms with E-state index in [9.17, 15) is 5.11 Å². The van der Waals surface area contributed by atoms with Gasteiger partial charge >= 0.3 is 8.24 Å². The third kappa shape index (κ3) is 7.35. The lowest BCUT2D eigenvalue weighted by Gasteiger charge is -2.27. The zero-order chi connectivity index (χ0) is 32.1. The molecule has 0 aliphatic carbocycles. The fourth-order valence-corrected chi connectivity index (χ4v) is 6.51. The molecule has 0 saturated heterocycles. The van der Waals surface area contributed by atoms with Crippen LogP contribution in [0.3, 0.4) is 0 Å². The summed E-state index contributed by atoms with van der Waals surface area (Å²) < 4.78 is 20.1. The van der Waals surface area contributed by atoms with Gasteiger partial charge in [-0.25, -0.2) is 0 Å². The molecule has 0 radical (unpaired) electrons. The average Bonchev–Trinajstić information content (AvgIpc) is 3.02. The second-order valence-electron chi connectivity index (χ2n) is 16.2. The molecular formula is C38H53O4P. The number of fused-ring (bicyclic) bond motifs is 3. The second kappa shape index (κ2) is 11.7. The summed E-state index contributed by atoms with van der Waals surface area (Å²) in [5.41, 5.74) is 8.26. The Balaban J connectivity index is 2.02. The number of aromatic hydroxyl groups is 1. The molecule has 1 aromatic heterocycles. The van der Waals surface area contributed by atoms with Gasteiger partial charge < -0.3 is 13.5 Å². The topological polar surface area (TPSA) is 55.7 Å². The van der Waals surface area contributed by atoms with E-state index in [0.717, 1.165) is 57.0 Å². The van der Waals surface area contributed by atoms with Gasteiger partial charge in [-0.1, -0.05) is 107 Å². The van der Waals surface area contributed by atoms with E-state index in [0.29, 0.717) is 12.4 Å². The summed E-state index contributed by atoms with van der Waals surface area (Å²) in [6.45, 7) is 29.6. The maximum atomic E-state index is 10.1. The summed E-state index contributed by atoms with van der Waals surface area (Å²) in [6.07, 6.45) is 1.60. The number of phenolic OH excluding ortho intramolecular Hbond substituents is 1. The van der Waals surface area contributed by atoms with E-state index in [1.54, 1.807) is 6.07 Å². The lowest BCUT2D eigenvalue weighted by atomic mass is 9.77. The smallest absolute Gasteiger partial charge is 0.387 e. The Bertz CT molecular complexity index is 1570. The lowest BCUT2D eigenvalue weighted by molar-refractivity contribution is 0.363. The highest BCUT2D eigenvalue weighted by molar-refractivity contribution is 7.31. The molecule has 1 heterocycles. The van der Waals surface area contributed by atoms with Gasteiger partial charge in [0.2, 0.25) is 0 Å². The van der Waals surface area contributed by atoms with E-state index in [1.807, 2.05) is 13.0 Å². The van der Waals surface area contributed by atoms with Crippen molar-refractivity contribution >= 4 is 30.2 Å². The molecule has 0 unspecified atom stereocenters. The molecule has 0 atom stereocenters. The van der Waals surface area contributed by atoms with Gasteiger partial charge in [0.1, 0.15) is 16.9 Å². The first-order valence-corrected chi connectivity index (χ1v) is 16.7. The monoisotopic (exact) mass is 604 g/mol. The fourth-order valence-electron chi connectivity index (χ4n) is 5.40. The van der Waals surface area contributed by atoms with Gasteiger partial charge in [-0.15, -0.1) is 0 Å². The van der Waals surface area contributed by atoms with Crippen LogP contribution in [-0.2, 0) is 28.1 Å². The van der Waals surface area contributed by atoms with Crippen molar-refractivity contribution in [2.24, 2.45) is 0 Å². The average molecular weight is 605 g/mol. The van der Waals surface area contributed by atoms with E-state index in [4.69, 9.17) is 12.9 Å². The number of aryl methyl sites for hydroxylation is 1. The minimum atomic E-state index is -1.72. The molecule has 5 heteroatoms. The largest absolute Gasteiger partial charge is 0.508 e. The summed E-state index contributed by atoms with van der Waals surface area (Å²) >= 11 is 0. The van der Waals surface area contributed by atoms with Crippen LogP contribution >= 0.6 is 8.24 Å². The van der Waals surface area contributed by atoms with Crippen molar-refractivity contribution in [1.82, 2.24) is 0 Å². The summed E-state index contributed by atoms with van der Waals surface area (Å²) in [5, 5.41) is 12.3. The first kappa shape index (κ1) is 33.2. The van der Waals surface area contributed by atoms with Gasteiger partial charge in [0.25, 0.3) is 0 Å². The summed E-state index contributed by atoms with van der Waals surface area (Å²) in [7, 11) is -1.72. The molecule has 43 heavy (non-hydrogen) atoms. The van der Waals surface area contributed by atoms with Gasteiger partial charge in [-0.3, -0.25) is 4.52 Å². The molecular weight excluding hydrogens is 551 g/mol. The van der Waals surface area contributed by atoms with Crippen LogP contribution in [0.25, 0.3) is 21.9 Å². The highest BCUT2D eigenvalue weighted by atomic mass is 31.1. The molecule has 0 fully saturated rings. The Kier molecular flexibility index (Phi) is 9.02. The van der Waals surface area contributed by atoms with Crippen LogP contribution in [0.5, 0.6) is 5.75 Å². The molecule has 0 spiro atoms. The number of hydrogen-bond acceptors (Lipinski definition) is 4. The van der Waals surface area contributed by atoms with Crippen molar-refractivity contribution in [3.63, 3.8) is 0 Å². The molecule has 3 aromatic carbocycles. The molecule has 234 valence electrons. The van der Waals surface area contributed by atoms with Gasteiger partial charge in [-0.2, -0.15) is 0 Å². The molecule has 4 aromatic rings. The van der Waals surface area contributed by atoms with Crippen molar-refractivity contribution in [1.29, 1.82) is 0 Å². The van der Waals surface area contributed by atoms with Gasteiger partial charge in [0.05, 0.1) is 6.61 Å². The molecule has 0 bridgehead atoms. The molecule has 1 N–H and O–H groups in total. The van der Waals surface area contributed by atoms with Crippen molar-refractivity contribution in [2.75, 3.05) is 6.61 Å². The molecule has 4 rings (SSSR count). The molecule has 0 amide bonds. The lowest BCUT2D eigenvalue weighted by Crippen LogP contribution is -2.17. The first-order chi connectivity index (χ1) is 19.7. The van der Waals surface area contributed by atoms with E-state index >= 15 is 0 Å². The summed E-state index contributed by atoms with van der Waals surface area (Å²) in [4.78, 5) is 0. The normalized spacial score (nSPS) is 13.2. The standard InChI is InChI=1S/C38H53O4P/c1-24-25(16-14-18-32(24)39)17-15-19-40-43-41-33-28(20-26(35(2,3)4)22-30(33)37(8,9)10)29-21-27(36(5,6)7)23-31(34(29)42-43)38(11,12)13/h14,16,18,20-23,39H,15,17,19H2,1-13H3. The minimum absolute atomic E-state index is 0.0396. The van der Waals surface area contributed by atoms with Crippen LogP contribution in [0.2, 0.25) is 0 Å². The van der Waals surface area contributed by atoms with Crippen LogP contribution in [0, 0.1) is 6.92 Å². The van der Waals surface area contributed by atoms with Gasteiger partial charge in [-0.05, 0) is 81.9 Å².